The first kappa shape index (κ1) is 15.0. The second-order valence-corrected chi connectivity index (χ2v) is 5.62. The Hall–Kier alpha value is -0.0800. The van der Waals surface area contributed by atoms with Crippen LogP contribution in [0.25, 0.3) is 0 Å². The molecule has 2 nitrogen and oxygen atoms in total. The Labute approximate surface area is 108 Å². The van der Waals surface area contributed by atoms with Crippen molar-refractivity contribution in [1.29, 1.82) is 0 Å². The molecule has 102 valence electrons. The van der Waals surface area contributed by atoms with Gasteiger partial charge in [0.15, 0.2) is 0 Å². The standard InChI is InChI=1S/C15H32N2/c1-4-6-7-8-14(3)16-11-13-17(12-5-2)15-9-10-15/h14-16H,4-13H2,1-3H3. The van der Waals surface area contributed by atoms with Gasteiger partial charge in [0.2, 0.25) is 0 Å². The van der Waals surface area contributed by atoms with Crippen LogP contribution in [0, 0.1) is 0 Å². The van der Waals surface area contributed by atoms with Crippen molar-refractivity contribution < 1.29 is 0 Å². The highest BCUT2D eigenvalue weighted by molar-refractivity contribution is 4.84. The molecule has 17 heavy (non-hydrogen) atoms. The number of hydrogen-bond acceptors (Lipinski definition) is 2. The second-order valence-electron chi connectivity index (χ2n) is 5.62. The van der Waals surface area contributed by atoms with Crippen LogP contribution in [0.15, 0.2) is 0 Å². The lowest BCUT2D eigenvalue weighted by Gasteiger charge is -2.22. The van der Waals surface area contributed by atoms with Crippen LogP contribution < -0.4 is 5.32 Å². The summed E-state index contributed by atoms with van der Waals surface area (Å²) in [7, 11) is 0. The van der Waals surface area contributed by atoms with Crippen molar-refractivity contribution in [2.75, 3.05) is 19.6 Å². The molecule has 1 unspecified atom stereocenters. The molecule has 1 aliphatic carbocycles. The molecule has 0 aromatic heterocycles. The van der Waals surface area contributed by atoms with Gasteiger partial charge in [-0.1, -0.05) is 33.1 Å². The summed E-state index contributed by atoms with van der Waals surface area (Å²) in [5.74, 6) is 0. The van der Waals surface area contributed by atoms with Crippen LogP contribution in [0.5, 0.6) is 0 Å². The van der Waals surface area contributed by atoms with Crippen molar-refractivity contribution in [3.63, 3.8) is 0 Å². The number of nitrogens with zero attached hydrogens (tertiary/aromatic N) is 1. The summed E-state index contributed by atoms with van der Waals surface area (Å²) in [5, 5.41) is 3.67. The van der Waals surface area contributed by atoms with E-state index in [1.807, 2.05) is 0 Å². The molecule has 0 bridgehead atoms. The van der Waals surface area contributed by atoms with Gasteiger partial charge in [-0.3, -0.25) is 4.90 Å². The van der Waals surface area contributed by atoms with Gasteiger partial charge < -0.3 is 5.32 Å². The van der Waals surface area contributed by atoms with E-state index in [2.05, 4.69) is 31.0 Å². The van der Waals surface area contributed by atoms with Gasteiger partial charge >= 0.3 is 0 Å². The highest BCUT2D eigenvalue weighted by Crippen LogP contribution is 2.26. The summed E-state index contributed by atoms with van der Waals surface area (Å²) < 4.78 is 0. The molecule has 0 aliphatic heterocycles. The molecule has 1 atom stereocenters. The molecule has 0 radical (unpaired) electrons. The Morgan fingerprint density at radius 1 is 1.12 bits per heavy atom. The Bertz CT molecular complexity index is 178. The SMILES string of the molecule is CCCCCC(C)NCCN(CCC)C1CC1. The summed E-state index contributed by atoms with van der Waals surface area (Å²) in [6.07, 6.45) is 9.60. The first-order chi connectivity index (χ1) is 8.27. The van der Waals surface area contributed by atoms with Gasteiger partial charge in [0.25, 0.3) is 0 Å². The zero-order valence-corrected chi connectivity index (χ0v) is 12.2. The fourth-order valence-corrected chi connectivity index (χ4v) is 2.46. The van der Waals surface area contributed by atoms with Gasteiger partial charge in [-0.25, -0.2) is 0 Å². The molecule has 0 aromatic rings. The van der Waals surface area contributed by atoms with Crippen LogP contribution in [0.4, 0.5) is 0 Å². The summed E-state index contributed by atoms with van der Waals surface area (Å²) in [5.41, 5.74) is 0. The topological polar surface area (TPSA) is 15.3 Å². The Balaban J connectivity index is 2.00. The predicted octanol–water partition coefficient (Wildman–Crippen LogP) is 3.42. The largest absolute Gasteiger partial charge is 0.313 e. The monoisotopic (exact) mass is 240 g/mol. The molecule has 0 amide bonds. The van der Waals surface area contributed by atoms with Crippen LogP contribution in [0.1, 0.15) is 65.7 Å². The number of nitrogens with one attached hydrogen (secondary N) is 1. The molecular formula is C15H32N2. The predicted molar refractivity (Wildman–Crippen MR) is 76.5 cm³/mol. The summed E-state index contributed by atoms with van der Waals surface area (Å²) in [6, 6.07) is 1.62. The molecule has 0 spiro atoms. The van der Waals surface area contributed by atoms with Crippen molar-refractivity contribution >= 4 is 0 Å². The highest BCUT2D eigenvalue weighted by Gasteiger charge is 2.27. The molecule has 1 saturated carbocycles. The van der Waals surface area contributed by atoms with Crippen LogP contribution in [-0.4, -0.2) is 36.6 Å². The average Bonchev–Trinajstić information content (AvgIpc) is 3.12. The van der Waals surface area contributed by atoms with E-state index in [0.29, 0.717) is 6.04 Å². The Kier molecular flexibility index (Phi) is 7.87. The quantitative estimate of drug-likeness (QED) is 0.557. The van der Waals surface area contributed by atoms with Crippen molar-refractivity contribution in [2.24, 2.45) is 0 Å². The average molecular weight is 240 g/mol. The van der Waals surface area contributed by atoms with E-state index in [9.17, 15) is 0 Å². The fraction of sp³-hybridized carbons (Fsp3) is 1.00. The minimum Gasteiger partial charge on any atom is -0.313 e. The smallest absolute Gasteiger partial charge is 0.0110 e. The number of rotatable bonds is 11. The molecule has 0 aromatic carbocycles. The lowest BCUT2D eigenvalue weighted by atomic mass is 10.1. The fourth-order valence-electron chi connectivity index (χ4n) is 2.46. The van der Waals surface area contributed by atoms with E-state index in [1.165, 1.54) is 64.6 Å². The minimum atomic E-state index is 0.698. The van der Waals surface area contributed by atoms with Gasteiger partial charge in [0.1, 0.15) is 0 Å². The van der Waals surface area contributed by atoms with Crippen LogP contribution in [0.3, 0.4) is 0 Å². The van der Waals surface area contributed by atoms with E-state index in [4.69, 9.17) is 0 Å². The summed E-state index contributed by atoms with van der Waals surface area (Å²) >= 11 is 0. The number of hydrogen-bond donors (Lipinski definition) is 1. The van der Waals surface area contributed by atoms with Crippen LogP contribution in [-0.2, 0) is 0 Å². The zero-order valence-electron chi connectivity index (χ0n) is 12.2. The molecule has 0 heterocycles. The molecule has 1 N–H and O–H groups in total. The van der Waals surface area contributed by atoms with E-state index in [0.717, 1.165) is 6.04 Å². The Morgan fingerprint density at radius 3 is 2.47 bits per heavy atom. The van der Waals surface area contributed by atoms with E-state index >= 15 is 0 Å². The summed E-state index contributed by atoms with van der Waals surface area (Å²) in [4.78, 5) is 2.67. The van der Waals surface area contributed by atoms with Crippen molar-refractivity contribution in [3.05, 3.63) is 0 Å². The lowest BCUT2D eigenvalue weighted by molar-refractivity contribution is 0.259. The van der Waals surface area contributed by atoms with E-state index in [1.54, 1.807) is 0 Å². The lowest BCUT2D eigenvalue weighted by Crippen LogP contribution is -2.37. The third-order valence-electron chi connectivity index (χ3n) is 3.71. The Morgan fingerprint density at radius 2 is 1.88 bits per heavy atom. The van der Waals surface area contributed by atoms with E-state index in [-0.39, 0.29) is 0 Å². The molecule has 1 fully saturated rings. The first-order valence-electron chi connectivity index (χ1n) is 7.75. The van der Waals surface area contributed by atoms with Crippen LogP contribution >= 0.6 is 0 Å². The minimum absolute atomic E-state index is 0.698. The molecule has 1 aliphatic rings. The molecule has 1 rings (SSSR count). The van der Waals surface area contributed by atoms with Gasteiger partial charge in [0, 0.05) is 25.2 Å². The summed E-state index contributed by atoms with van der Waals surface area (Å²) in [6.45, 7) is 10.6. The van der Waals surface area contributed by atoms with Crippen molar-refractivity contribution in [3.8, 4) is 0 Å². The maximum absolute atomic E-state index is 3.67. The molecule has 2 heteroatoms. The molecular weight excluding hydrogens is 208 g/mol. The van der Waals surface area contributed by atoms with Gasteiger partial charge in [-0.15, -0.1) is 0 Å². The normalized spacial score (nSPS) is 17.6. The maximum atomic E-state index is 3.67. The highest BCUT2D eigenvalue weighted by atomic mass is 15.2. The number of unbranched alkanes of at least 4 members (excludes halogenated alkanes) is 2. The zero-order chi connectivity index (χ0) is 12.5. The van der Waals surface area contributed by atoms with Gasteiger partial charge in [0.05, 0.1) is 0 Å². The third kappa shape index (κ3) is 7.05. The first-order valence-corrected chi connectivity index (χ1v) is 7.75. The maximum Gasteiger partial charge on any atom is 0.0110 e. The van der Waals surface area contributed by atoms with Crippen molar-refractivity contribution in [1.82, 2.24) is 10.2 Å². The molecule has 0 saturated heterocycles. The van der Waals surface area contributed by atoms with Crippen molar-refractivity contribution in [2.45, 2.75) is 77.8 Å². The van der Waals surface area contributed by atoms with Gasteiger partial charge in [-0.2, -0.15) is 0 Å². The second kappa shape index (κ2) is 8.93. The van der Waals surface area contributed by atoms with E-state index < -0.39 is 0 Å². The van der Waals surface area contributed by atoms with Gasteiger partial charge in [-0.05, 0) is 39.2 Å². The van der Waals surface area contributed by atoms with Crippen LogP contribution in [0.2, 0.25) is 0 Å². The third-order valence-corrected chi connectivity index (χ3v) is 3.71.